The van der Waals surface area contributed by atoms with Gasteiger partial charge < -0.3 is 5.32 Å². The van der Waals surface area contributed by atoms with Crippen LogP contribution in [-0.4, -0.2) is 37.4 Å². The van der Waals surface area contributed by atoms with Gasteiger partial charge in [-0.2, -0.15) is 0 Å². The van der Waals surface area contributed by atoms with Gasteiger partial charge in [0.2, 0.25) is 17.7 Å². The molecule has 4 aromatic rings. The predicted octanol–water partition coefficient (Wildman–Crippen LogP) is 3.96. The molecule has 2 aromatic carbocycles. The van der Waals surface area contributed by atoms with Crippen LogP contribution in [0, 0.1) is 23.0 Å². The maximum absolute atomic E-state index is 13.9. The number of aromatic nitrogens is 2. The van der Waals surface area contributed by atoms with Gasteiger partial charge in [-0.15, -0.1) is 0 Å². The number of amides is 3. The van der Waals surface area contributed by atoms with Crippen LogP contribution in [0.4, 0.5) is 17.1 Å². The lowest BCUT2D eigenvalue weighted by molar-refractivity contribution is -0.384. The van der Waals surface area contributed by atoms with E-state index in [1.807, 2.05) is 19.1 Å². The standard InChI is InChI=1S/C28H21N5O6S2/c1-15-5-2-3-7-19(15)30-20(34)14-31-27-24(41-28(31)37)21(16-6-4-12-29-13-16)22-23(40-27)26(36)32(25(22)35)17-8-10-18(11-9-17)33(38)39/h2-13,21-23H,14H2,1H3,(H,30,34)/t21-,22?,23?/m1/s1. The molecule has 2 aliphatic heterocycles. The number of benzene rings is 2. The Labute approximate surface area is 241 Å². The van der Waals surface area contributed by atoms with Gasteiger partial charge in [0.05, 0.1) is 21.6 Å². The average Bonchev–Trinajstić information content (AvgIpc) is 3.41. The molecule has 3 amide bonds. The Hall–Kier alpha value is -4.62. The lowest BCUT2D eigenvalue weighted by Gasteiger charge is -2.30. The van der Waals surface area contributed by atoms with E-state index >= 15 is 0 Å². The maximum atomic E-state index is 13.9. The first kappa shape index (κ1) is 26.6. The molecule has 4 heterocycles. The molecule has 11 nitrogen and oxygen atoms in total. The number of rotatable bonds is 6. The molecular formula is C28H21N5O6S2. The van der Waals surface area contributed by atoms with Gasteiger partial charge in [-0.25, -0.2) is 4.90 Å². The van der Waals surface area contributed by atoms with Crippen molar-refractivity contribution >= 4 is 57.9 Å². The van der Waals surface area contributed by atoms with Gasteiger partial charge in [-0.05, 0) is 42.3 Å². The molecule has 0 spiro atoms. The van der Waals surface area contributed by atoms with Gasteiger partial charge >= 0.3 is 4.87 Å². The molecule has 41 heavy (non-hydrogen) atoms. The highest BCUT2D eigenvalue weighted by Crippen LogP contribution is 2.53. The van der Waals surface area contributed by atoms with Crippen LogP contribution >= 0.6 is 23.1 Å². The predicted molar refractivity (Wildman–Crippen MR) is 153 cm³/mol. The summed E-state index contributed by atoms with van der Waals surface area (Å²) in [7, 11) is 0. The quantitative estimate of drug-likeness (QED) is 0.203. The molecule has 2 aromatic heterocycles. The van der Waals surface area contributed by atoms with E-state index in [2.05, 4.69) is 10.3 Å². The number of hydrogen-bond acceptors (Lipinski definition) is 9. The maximum Gasteiger partial charge on any atom is 0.308 e. The van der Waals surface area contributed by atoms with E-state index in [0.717, 1.165) is 33.6 Å². The molecule has 1 saturated heterocycles. The van der Waals surface area contributed by atoms with Crippen molar-refractivity contribution in [3.63, 3.8) is 0 Å². The lowest BCUT2D eigenvalue weighted by atomic mass is 9.84. The minimum Gasteiger partial charge on any atom is -0.324 e. The third-order valence-corrected chi connectivity index (χ3v) is 9.74. The van der Waals surface area contributed by atoms with Crippen LogP contribution in [0.3, 0.4) is 0 Å². The van der Waals surface area contributed by atoms with Gasteiger partial charge in [-0.3, -0.25) is 38.8 Å². The van der Waals surface area contributed by atoms with E-state index in [9.17, 15) is 29.3 Å². The van der Waals surface area contributed by atoms with Crippen molar-refractivity contribution in [2.24, 2.45) is 5.92 Å². The summed E-state index contributed by atoms with van der Waals surface area (Å²) in [5.74, 6) is -2.85. The monoisotopic (exact) mass is 587 g/mol. The molecule has 13 heteroatoms. The van der Waals surface area contributed by atoms with Crippen molar-refractivity contribution in [2.45, 2.75) is 29.7 Å². The summed E-state index contributed by atoms with van der Waals surface area (Å²) in [6.45, 7) is 1.60. The summed E-state index contributed by atoms with van der Waals surface area (Å²) in [6.07, 6.45) is 3.20. The van der Waals surface area contributed by atoms with Crippen molar-refractivity contribution in [2.75, 3.05) is 10.2 Å². The van der Waals surface area contributed by atoms with Crippen LogP contribution in [0.15, 0.2) is 82.9 Å². The highest BCUT2D eigenvalue weighted by atomic mass is 32.2. The number of anilines is 2. The molecule has 206 valence electrons. The van der Waals surface area contributed by atoms with E-state index in [4.69, 9.17) is 0 Å². The fourth-order valence-corrected chi connectivity index (χ4v) is 7.97. The minimum atomic E-state index is -0.880. The van der Waals surface area contributed by atoms with Crippen molar-refractivity contribution in [3.8, 4) is 0 Å². The number of hydrogen-bond donors (Lipinski definition) is 1. The number of non-ortho nitro benzene ring substituents is 1. The largest absolute Gasteiger partial charge is 0.324 e. The lowest BCUT2D eigenvalue weighted by Crippen LogP contribution is -2.33. The topological polar surface area (TPSA) is 145 Å². The van der Waals surface area contributed by atoms with Gasteiger partial charge in [0, 0.05) is 41.0 Å². The SMILES string of the molecule is Cc1ccccc1NC(=O)Cn1c2c(sc1=O)[C@H](c1cccnc1)C1C(=O)N(c3ccc([N+](=O)[O-])cc3)C(=O)C1S2. The van der Waals surface area contributed by atoms with Crippen LogP contribution in [0.25, 0.3) is 0 Å². The van der Waals surface area contributed by atoms with E-state index in [1.54, 1.807) is 36.7 Å². The van der Waals surface area contributed by atoms with E-state index in [1.165, 1.54) is 28.8 Å². The highest BCUT2D eigenvalue weighted by Gasteiger charge is 2.57. The van der Waals surface area contributed by atoms with Gasteiger partial charge in [0.15, 0.2) is 0 Å². The summed E-state index contributed by atoms with van der Waals surface area (Å²) in [6, 6.07) is 16.0. The Kier molecular flexibility index (Phi) is 6.75. The van der Waals surface area contributed by atoms with Crippen LogP contribution in [0.5, 0.6) is 0 Å². The van der Waals surface area contributed by atoms with Gasteiger partial charge in [0.1, 0.15) is 11.8 Å². The molecule has 3 atom stereocenters. The molecule has 0 radical (unpaired) electrons. The number of aryl methyl sites for hydroxylation is 1. The number of para-hydroxylation sites is 1. The molecule has 2 unspecified atom stereocenters. The number of thioether (sulfide) groups is 1. The summed E-state index contributed by atoms with van der Waals surface area (Å²) in [5.41, 5.74) is 2.22. The summed E-state index contributed by atoms with van der Waals surface area (Å²) < 4.78 is 1.35. The van der Waals surface area contributed by atoms with Crippen molar-refractivity contribution in [1.82, 2.24) is 9.55 Å². The number of nitrogens with one attached hydrogen (secondary N) is 1. The Morgan fingerprint density at radius 2 is 1.80 bits per heavy atom. The molecule has 2 aliphatic rings. The van der Waals surface area contributed by atoms with Crippen LogP contribution in [-0.2, 0) is 20.9 Å². The number of imide groups is 1. The molecule has 0 saturated carbocycles. The Balaban J connectivity index is 1.39. The molecular weight excluding hydrogens is 566 g/mol. The van der Waals surface area contributed by atoms with Crippen molar-refractivity contribution in [3.05, 3.63) is 109 Å². The van der Waals surface area contributed by atoms with Crippen molar-refractivity contribution in [1.29, 1.82) is 0 Å². The number of thiazole rings is 1. The number of carbonyl (C=O) groups is 3. The molecule has 0 bridgehead atoms. The number of fused-ring (bicyclic) bond motifs is 2. The normalized spacial score (nSPS) is 19.5. The van der Waals surface area contributed by atoms with Gasteiger partial charge in [0.25, 0.3) is 5.69 Å². The Morgan fingerprint density at radius 3 is 2.49 bits per heavy atom. The third kappa shape index (κ3) is 4.62. The molecule has 0 aliphatic carbocycles. The minimum absolute atomic E-state index is 0.164. The van der Waals surface area contributed by atoms with E-state index < -0.39 is 39.7 Å². The fourth-order valence-electron chi connectivity index (χ4n) is 5.20. The van der Waals surface area contributed by atoms with Gasteiger partial charge in [-0.1, -0.05) is 47.4 Å². The Morgan fingerprint density at radius 1 is 1.05 bits per heavy atom. The number of carbonyl (C=O) groups excluding carboxylic acids is 3. The van der Waals surface area contributed by atoms with Crippen LogP contribution < -0.4 is 15.1 Å². The summed E-state index contributed by atoms with van der Waals surface area (Å²) in [5, 5.41) is 13.5. The third-order valence-electron chi connectivity index (χ3n) is 7.13. The van der Waals surface area contributed by atoms with Crippen LogP contribution in [0.2, 0.25) is 0 Å². The molecule has 6 rings (SSSR count). The van der Waals surface area contributed by atoms with Crippen LogP contribution in [0.1, 0.15) is 21.9 Å². The number of nitro benzene ring substituents is 1. The van der Waals surface area contributed by atoms with Crippen molar-refractivity contribution < 1.29 is 19.3 Å². The first-order chi connectivity index (χ1) is 19.7. The average molecular weight is 588 g/mol. The number of nitro groups is 1. The smallest absolute Gasteiger partial charge is 0.308 e. The van der Waals surface area contributed by atoms with E-state index in [-0.39, 0.29) is 22.8 Å². The zero-order valence-electron chi connectivity index (χ0n) is 21.4. The molecule has 1 fully saturated rings. The number of pyridine rings is 1. The second-order valence-corrected chi connectivity index (χ2v) is 11.7. The molecule has 1 N–H and O–H groups in total. The fraction of sp³-hybridized carbons (Fsp3) is 0.179. The summed E-state index contributed by atoms with van der Waals surface area (Å²) in [4.78, 5) is 69.9. The summed E-state index contributed by atoms with van der Waals surface area (Å²) >= 11 is 2.04. The zero-order valence-corrected chi connectivity index (χ0v) is 23.1. The van der Waals surface area contributed by atoms with E-state index in [0.29, 0.717) is 21.2 Å². The zero-order chi connectivity index (χ0) is 28.8. The Bertz CT molecular complexity index is 1770. The highest BCUT2D eigenvalue weighted by molar-refractivity contribution is 8.00. The first-order valence-electron chi connectivity index (χ1n) is 12.5. The number of nitrogens with zero attached hydrogens (tertiary/aromatic N) is 4. The second-order valence-electron chi connectivity index (χ2n) is 9.60. The second kappa shape index (κ2) is 10.4. The first-order valence-corrected chi connectivity index (χ1v) is 14.2.